The lowest BCUT2D eigenvalue weighted by atomic mass is 10.1. The van der Waals surface area contributed by atoms with Gasteiger partial charge in [-0.3, -0.25) is 0 Å². The van der Waals surface area contributed by atoms with E-state index in [0.29, 0.717) is 6.61 Å². The SMILES string of the molecule is CCOc1ccc(-c2c(Br)nc(C)n2C)cc1. The summed E-state index contributed by atoms with van der Waals surface area (Å²) in [5.41, 5.74) is 2.22. The maximum absolute atomic E-state index is 5.43. The Morgan fingerprint density at radius 1 is 1.29 bits per heavy atom. The van der Waals surface area contributed by atoms with Gasteiger partial charge in [-0.15, -0.1) is 0 Å². The van der Waals surface area contributed by atoms with Gasteiger partial charge in [0.05, 0.1) is 12.3 Å². The van der Waals surface area contributed by atoms with Crippen LogP contribution in [0.1, 0.15) is 12.7 Å². The van der Waals surface area contributed by atoms with E-state index in [1.54, 1.807) is 0 Å². The third-order valence-corrected chi connectivity index (χ3v) is 3.27. The smallest absolute Gasteiger partial charge is 0.132 e. The van der Waals surface area contributed by atoms with Gasteiger partial charge in [-0.25, -0.2) is 4.98 Å². The van der Waals surface area contributed by atoms with Crippen LogP contribution in [0.5, 0.6) is 5.75 Å². The van der Waals surface area contributed by atoms with Gasteiger partial charge in [-0.2, -0.15) is 0 Å². The lowest BCUT2D eigenvalue weighted by Crippen LogP contribution is -1.95. The van der Waals surface area contributed by atoms with Crippen molar-refractivity contribution in [2.24, 2.45) is 7.05 Å². The molecule has 17 heavy (non-hydrogen) atoms. The first-order valence-electron chi connectivity index (χ1n) is 5.55. The fraction of sp³-hybridized carbons (Fsp3) is 0.308. The van der Waals surface area contributed by atoms with Crippen LogP contribution >= 0.6 is 15.9 Å². The van der Waals surface area contributed by atoms with Gasteiger partial charge in [0.2, 0.25) is 0 Å². The Hall–Kier alpha value is -1.29. The molecule has 90 valence electrons. The van der Waals surface area contributed by atoms with Crippen LogP contribution in [0.3, 0.4) is 0 Å². The third kappa shape index (κ3) is 2.36. The second kappa shape index (κ2) is 4.92. The second-order valence-electron chi connectivity index (χ2n) is 3.81. The van der Waals surface area contributed by atoms with E-state index in [9.17, 15) is 0 Å². The first-order valence-corrected chi connectivity index (χ1v) is 6.34. The molecule has 2 rings (SSSR count). The predicted octanol–water partition coefficient (Wildman–Crippen LogP) is 3.56. The zero-order valence-corrected chi connectivity index (χ0v) is 11.8. The molecule has 0 amide bonds. The van der Waals surface area contributed by atoms with E-state index in [0.717, 1.165) is 27.4 Å². The Kier molecular flexibility index (Phi) is 3.52. The molecule has 0 N–H and O–H groups in total. The Labute approximate surface area is 110 Å². The topological polar surface area (TPSA) is 27.1 Å². The molecule has 0 saturated heterocycles. The van der Waals surface area contributed by atoms with Crippen molar-refractivity contribution in [2.45, 2.75) is 13.8 Å². The van der Waals surface area contributed by atoms with Crippen molar-refractivity contribution in [3.63, 3.8) is 0 Å². The number of aromatic nitrogens is 2. The summed E-state index contributed by atoms with van der Waals surface area (Å²) in [5.74, 6) is 1.88. The first-order chi connectivity index (χ1) is 8.13. The van der Waals surface area contributed by atoms with E-state index in [4.69, 9.17) is 4.74 Å². The van der Waals surface area contributed by atoms with Gasteiger partial charge < -0.3 is 9.30 Å². The highest BCUT2D eigenvalue weighted by Gasteiger charge is 2.11. The molecular formula is C13H15BrN2O. The lowest BCUT2D eigenvalue weighted by molar-refractivity contribution is 0.340. The van der Waals surface area contributed by atoms with Crippen LogP contribution in [0.4, 0.5) is 0 Å². The van der Waals surface area contributed by atoms with Gasteiger partial charge in [0.25, 0.3) is 0 Å². The summed E-state index contributed by atoms with van der Waals surface area (Å²) in [4.78, 5) is 4.39. The van der Waals surface area contributed by atoms with Crippen molar-refractivity contribution in [1.82, 2.24) is 9.55 Å². The highest BCUT2D eigenvalue weighted by Crippen LogP contribution is 2.29. The number of hydrogen-bond donors (Lipinski definition) is 0. The van der Waals surface area contributed by atoms with Gasteiger partial charge in [0.1, 0.15) is 16.2 Å². The molecule has 0 aliphatic heterocycles. The Balaban J connectivity index is 2.39. The fourth-order valence-corrected chi connectivity index (χ4v) is 2.51. The average Bonchev–Trinajstić information content (AvgIpc) is 2.55. The van der Waals surface area contributed by atoms with Gasteiger partial charge in [0.15, 0.2) is 0 Å². The van der Waals surface area contributed by atoms with Crippen LogP contribution in [0.15, 0.2) is 28.9 Å². The number of benzene rings is 1. The molecule has 1 heterocycles. The van der Waals surface area contributed by atoms with Gasteiger partial charge in [-0.1, -0.05) is 0 Å². The van der Waals surface area contributed by atoms with Crippen molar-refractivity contribution >= 4 is 15.9 Å². The molecule has 0 aliphatic rings. The monoisotopic (exact) mass is 294 g/mol. The number of hydrogen-bond acceptors (Lipinski definition) is 2. The van der Waals surface area contributed by atoms with Crippen LogP contribution in [0.2, 0.25) is 0 Å². The Bertz CT molecular complexity index is 517. The molecule has 0 fully saturated rings. The first kappa shape index (κ1) is 12.2. The summed E-state index contributed by atoms with van der Waals surface area (Å²) in [7, 11) is 2.01. The number of rotatable bonds is 3. The van der Waals surface area contributed by atoms with Crippen LogP contribution in [-0.4, -0.2) is 16.2 Å². The second-order valence-corrected chi connectivity index (χ2v) is 4.57. The number of aryl methyl sites for hydroxylation is 1. The number of nitrogens with zero attached hydrogens (tertiary/aromatic N) is 2. The summed E-state index contributed by atoms with van der Waals surface area (Å²) < 4.78 is 8.37. The number of ether oxygens (including phenoxy) is 1. The van der Waals surface area contributed by atoms with E-state index in [1.165, 1.54) is 0 Å². The van der Waals surface area contributed by atoms with Gasteiger partial charge >= 0.3 is 0 Å². The Morgan fingerprint density at radius 3 is 2.41 bits per heavy atom. The van der Waals surface area contributed by atoms with Crippen molar-refractivity contribution in [1.29, 1.82) is 0 Å². The zero-order chi connectivity index (χ0) is 12.4. The molecule has 0 aliphatic carbocycles. The van der Waals surface area contributed by atoms with Crippen molar-refractivity contribution in [3.05, 3.63) is 34.7 Å². The molecule has 0 unspecified atom stereocenters. The highest BCUT2D eigenvalue weighted by molar-refractivity contribution is 9.10. The van der Waals surface area contributed by atoms with Crippen LogP contribution in [0.25, 0.3) is 11.3 Å². The maximum Gasteiger partial charge on any atom is 0.132 e. The Morgan fingerprint density at radius 2 is 1.94 bits per heavy atom. The van der Waals surface area contributed by atoms with Crippen LogP contribution in [-0.2, 0) is 7.05 Å². The molecule has 0 radical (unpaired) electrons. The highest BCUT2D eigenvalue weighted by atomic mass is 79.9. The van der Waals surface area contributed by atoms with E-state index in [2.05, 4.69) is 25.5 Å². The van der Waals surface area contributed by atoms with Gasteiger partial charge in [0, 0.05) is 12.6 Å². The number of imidazole rings is 1. The minimum absolute atomic E-state index is 0.688. The molecule has 3 nitrogen and oxygen atoms in total. The molecule has 0 bridgehead atoms. The molecule has 0 saturated carbocycles. The van der Waals surface area contributed by atoms with E-state index >= 15 is 0 Å². The van der Waals surface area contributed by atoms with Crippen LogP contribution in [0, 0.1) is 6.92 Å². The van der Waals surface area contributed by atoms with E-state index < -0.39 is 0 Å². The quantitative estimate of drug-likeness (QED) is 0.865. The minimum Gasteiger partial charge on any atom is -0.494 e. The van der Waals surface area contributed by atoms with Gasteiger partial charge in [-0.05, 0) is 54.0 Å². The fourth-order valence-electron chi connectivity index (χ4n) is 1.76. The van der Waals surface area contributed by atoms with Crippen molar-refractivity contribution in [3.8, 4) is 17.0 Å². The molecular weight excluding hydrogens is 280 g/mol. The van der Waals surface area contributed by atoms with Crippen molar-refractivity contribution in [2.75, 3.05) is 6.61 Å². The molecule has 4 heteroatoms. The normalized spacial score (nSPS) is 10.6. The summed E-state index contributed by atoms with van der Waals surface area (Å²) >= 11 is 3.49. The van der Waals surface area contributed by atoms with Crippen molar-refractivity contribution < 1.29 is 4.74 Å². The molecule has 0 spiro atoms. The van der Waals surface area contributed by atoms with E-state index in [1.807, 2.05) is 45.2 Å². The zero-order valence-electron chi connectivity index (χ0n) is 10.2. The largest absolute Gasteiger partial charge is 0.494 e. The molecule has 1 aromatic carbocycles. The lowest BCUT2D eigenvalue weighted by Gasteiger charge is -2.07. The summed E-state index contributed by atoms with van der Waals surface area (Å²) in [6, 6.07) is 8.06. The molecule has 0 atom stereocenters. The standard InChI is InChI=1S/C13H15BrN2O/c1-4-17-11-7-5-10(6-8-11)12-13(14)15-9(2)16(12)3/h5-8H,4H2,1-3H3. The molecule has 1 aromatic heterocycles. The van der Waals surface area contributed by atoms with E-state index in [-0.39, 0.29) is 0 Å². The summed E-state index contributed by atoms with van der Waals surface area (Å²) in [5, 5.41) is 0. The van der Waals surface area contributed by atoms with Crippen LogP contribution < -0.4 is 4.74 Å². The third-order valence-electron chi connectivity index (χ3n) is 2.71. The molecule has 2 aromatic rings. The summed E-state index contributed by atoms with van der Waals surface area (Å²) in [6.07, 6.45) is 0. The number of halogens is 1. The minimum atomic E-state index is 0.688. The average molecular weight is 295 g/mol. The summed E-state index contributed by atoms with van der Waals surface area (Å²) in [6.45, 7) is 4.66. The maximum atomic E-state index is 5.43. The predicted molar refractivity (Wildman–Crippen MR) is 72.3 cm³/mol.